The minimum atomic E-state index is -0.238. The van der Waals surface area contributed by atoms with Crippen LogP contribution in [-0.2, 0) is 4.79 Å². The molecular formula is C12H18N2O2S. The van der Waals surface area contributed by atoms with E-state index in [1.165, 1.54) is 18.0 Å². The fourth-order valence-corrected chi connectivity index (χ4v) is 2.46. The molecule has 0 fully saturated rings. The van der Waals surface area contributed by atoms with Crippen LogP contribution in [0, 0.1) is 5.21 Å². The Morgan fingerprint density at radius 1 is 1.47 bits per heavy atom. The quantitative estimate of drug-likeness (QED) is 0.456. The minimum absolute atomic E-state index is 0.0730. The van der Waals surface area contributed by atoms with Crippen molar-refractivity contribution < 1.29 is 9.52 Å². The molecule has 0 saturated carbocycles. The second-order valence-corrected chi connectivity index (χ2v) is 5.00. The van der Waals surface area contributed by atoms with Crippen LogP contribution in [0.15, 0.2) is 29.4 Å². The van der Waals surface area contributed by atoms with Gasteiger partial charge < -0.3 is 10.1 Å². The maximum absolute atomic E-state index is 12.0. The van der Waals surface area contributed by atoms with Crippen molar-refractivity contribution in [1.29, 1.82) is 0 Å². The largest absolute Gasteiger partial charge is 0.618 e. The highest BCUT2D eigenvalue weighted by molar-refractivity contribution is 8.00. The van der Waals surface area contributed by atoms with Gasteiger partial charge in [0.05, 0.1) is 5.25 Å². The molecule has 1 rings (SSSR count). The Kier molecular flexibility index (Phi) is 5.28. The molecule has 0 N–H and O–H groups in total. The van der Waals surface area contributed by atoms with Crippen molar-refractivity contribution in [2.45, 2.75) is 31.0 Å². The molecule has 1 aromatic rings. The monoisotopic (exact) mass is 254 g/mol. The molecule has 0 aliphatic carbocycles. The Bertz CT molecular complexity index is 381. The van der Waals surface area contributed by atoms with E-state index >= 15 is 0 Å². The van der Waals surface area contributed by atoms with E-state index in [4.69, 9.17) is 0 Å². The van der Waals surface area contributed by atoms with Gasteiger partial charge in [-0.15, -0.1) is 0 Å². The topological polar surface area (TPSA) is 47.2 Å². The van der Waals surface area contributed by atoms with E-state index in [-0.39, 0.29) is 11.2 Å². The van der Waals surface area contributed by atoms with Crippen LogP contribution in [0.2, 0.25) is 0 Å². The van der Waals surface area contributed by atoms with Crippen LogP contribution in [0.3, 0.4) is 0 Å². The fraction of sp³-hybridized carbons (Fsp3) is 0.500. The van der Waals surface area contributed by atoms with Gasteiger partial charge in [-0.2, -0.15) is 4.73 Å². The van der Waals surface area contributed by atoms with Crippen molar-refractivity contribution in [3.8, 4) is 0 Å². The highest BCUT2D eigenvalue weighted by Gasteiger charge is 2.21. The summed E-state index contributed by atoms with van der Waals surface area (Å²) in [6, 6.07) is 5.20. The third-order valence-corrected chi connectivity index (χ3v) is 3.62. The van der Waals surface area contributed by atoms with E-state index in [9.17, 15) is 10.0 Å². The highest BCUT2D eigenvalue weighted by Crippen LogP contribution is 2.20. The summed E-state index contributed by atoms with van der Waals surface area (Å²) < 4.78 is 0.788. The molecule has 94 valence electrons. The molecule has 0 bridgehead atoms. The number of hydrogen-bond donors (Lipinski definition) is 0. The summed E-state index contributed by atoms with van der Waals surface area (Å²) in [5.74, 6) is 0.0730. The molecule has 1 heterocycles. The zero-order chi connectivity index (χ0) is 12.8. The molecule has 0 aliphatic rings. The van der Waals surface area contributed by atoms with E-state index in [1.54, 1.807) is 23.1 Å². The smallest absolute Gasteiger partial charge is 0.252 e. The van der Waals surface area contributed by atoms with Crippen molar-refractivity contribution in [2.75, 3.05) is 13.1 Å². The van der Waals surface area contributed by atoms with Crippen LogP contribution in [0.4, 0.5) is 0 Å². The molecule has 0 saturated heterocycles. The van der Waals surface area contributed by atoms with Crippen molar-refractivity contribution in [1.82, 2.24) is 4.90 Å². The number of carbonyl (C=O) groups is 1. The lowest BCUT2D eigenvalue weighted by atomic mass is 10.4. The number of carbonyl (C=O) groups excluding carboxylic acids is 1. The molecule has 1 amide bonds. The number of hydrogen-bond acceptors (Lipinski definition) is 3. The van der Waals surface area contributed by atoms with Gasteiger partial charge in [0, 0.05) is 25.2 Å². The summed E-state index contributed by atoms with van der Waals surface area (Å²) in [5, 5.41) is 11.8. The lowest BCUT2D eigenvalue weighted by Crippen LogP contribution is -2.37. The summed E-state index contributed by atoms with van der Waals surface area (Å²) in [4.78, 5) is 13.8. The normalized spacial score (nSPS) is 12.2. The first kappa shape index (κ1) is 13.8. The maximum Gasteiger partial charge on any atom is 0.252 e. The predicted octanol–water partition coefficient (Wildman–Crippen LogP) is 1.67. The van der Waals surface area contributed by atoms with Gasteiger partial charge >= 0.3 is 0 Å². The van der Waals surface area contributed by atoms with Gasteiger partial charge in [0.1, 0.15) is 0 Å². The molecule has 0 aliphatic heterocycles. The van der Waals surface area contributed by atoms with Crippen LogP contribution in [-0.4, -0.2) is 29.1 Å². The van der Waals surface area contributed by atoms with E-state index in [0.717, 1.165) is 4.73 Å². The first-order chi connectivity index (χ1) is 8.10. The van der Waals surface area contributed by atoms with E-state index in [0.29, 0.717) is 18.1 Å². The number of nitrogens with zero attached hydrogens (tertiary/aromatic N) is 2. The molecule has 1 unspecified atom stereocenters. The van der Waals surface area contributed by atoms with Crippen molar-refractivity contribution >= 4 is 17.7 Å². The first-order valence-electron chi connectivity index (χ1n) is 5.73. The first-order valence-corrected chi connectivity index (χ1v) is 6.61. The van der Waals surface area contributed by atoms with Crippen molar-refractivity contribution in [3.63, 3.8) is 0 Å². The van der Waals surface area contributed by atoms with Gasteiger partial charge in [-0.3, -0.25) is 4.79 Å². The summed E-state index contributed by atoms with van der Waals surface area (Å²) in [6.07, 6.45) is 1.44. The van der Waals surface area contributed by atoms with Gasteiger partial charge in [-0.25, -0.2) is 0 Å². The zero-order valence-electron chi connectivity index (χ0n) is 10.4. The van der Waals surface area contributed by atoms with Crippen LogP contribution in [0.25, 0.3) is 0 Å². The lowest BCUT2D eigenvalue weighted by Gasteiger charge is -2.21. The van der Waals surface area contributed by atoms with Crippen LogP contribution in [0.5, 0.6) is 0 Å². The van der Waals surface area contributed by atoms with Gasteiger partial charge in [0.2, 0.25) is 5.91 Å². The fourth-order valence-electron chi connectivity index (χ4n) is 1.53. The summed E-state index contributed by atoms with van der Waals surface area (Å²) in [6.45, 7) is 7.14. The molecule has 0 aromatic carbocycles. The Hall–Kier alpha value is -1.23. The Morgan fingerprint density at radius 3 is 2.65 bits per heavy atom. The second-order valence-electron chi connectivity index (χ2n) is 3.64. The van der Waals surface area contributed by atoms with Gasteiger partial charge in [0.25, 0.3) is 5.03 Å². The zero-order valence-corrected chi connectivity index (χ0v) is 11.2. The average Bonchev–Trinajstić information content (AvgIpc) is 2.33. The van der Waals surface area contributed by atoms with E-state index < -0.39 is 0 Å². The van der Waals surface area contributed by atoms with Crippen molar-refractivity contribution in [2.24, 2.45) is 0 Å². The summed E-state index contributed by atoms with van der Waals surface area (Å²) in [5.41, 5.74) is 0. The third kappa shape index (κ3) is 3.63. The number of aromatic nitrogens is 1. The maximum atomic E-state index is 12.0. The van der Waals surface area contributed by atoms with Crippen LogP contribution in [0.1, 0.15) is 20.8 Å². The molecule has 0 spiro atoms. The highest BCUT2D eigenvalue weighted by atomic mass is 32.2. The molecule has 5 heteroatoms. The van der Waals surface area contributed by atoms with Gasteiger partial charge in [-0.1, -0.05) is 0 Å². The molecule has 1 atom stereocenters. The van der Waals surface area contributed by atoms with Gasteiger partial charge in [-0.05, 0) is 38.6 Å². The summed E-state index contributed by atoms with van der Waals surface area (Å²) in [7, 11) is 0. The van der Waals surface area contributed by atoms with Crippen LogP contribution >= 0.6 is 11.8 Å². The molecule has 0 radical (unpaired) electrons. The minimum Gasteiger partial charge on any atom is -0.618 e. The SMILES string of the molecule is CCN(CC)C(=O)C(C)Sc1cccc[n+]1[O-]. The van der Waals surface area contributed by atoms with Crippen molar-refractivity contribution in [3.05, 3.63) is 29.6 Å². The standard InChI is InChI=1S/C12H18N2O2S/c1-4-13(5-2)12(15)10(3)17-11-8-6-7-9-14(11)16/h6-10H,4-5H2,1-3H3. The number of pyridine rings is 1. The predicted molar refractivity (Wildman–Crippen MR) is 68.6 cm³/mol. The van der Waals surface area contributed by atoms with E-state index in [1.807, 2.05) is 20.8 Å². The van der Waals surface area contributed by atoms with Crippen LogP contribution < -0.4 is 4.73 Å². The molecule has 1 aromatic heterocycles. The lowest BCUT2D eigenvalue weighted by molar-refractivity contribution is -0.645. The Balaban J connectivity index is 2.69. The number of rotatable bonds is 5. The molecular weight excluding hydrogens is 236 g/mol. The second kappa shape index (κ2) is 6.49. The van der Waals surface area contributed by atoms with E-state index in [2.05, 4.69) is 0 Å². The number of thioether (sulfide) groups is 1. The number of amides is 1. The molecule has 4 nitrogen and oxygen atoms in total. The summed E-state index contributed by atoms with van der Waals surface area (Å²) >= 11 is 1.30. The third-order valence-electron chi connectivity index (χ3n) is 2.51. The van der Waals surface area contributed by atoms with Gasteiger partial charge in [0.15, 0.2) is 6.20 Å². The Labute approximate surface area is 106 Å². The average molecular weight is 254 g/mol. The molecule has 17 heavy (non-hydrogen) atoms. The Morgan fingerprint density at radius 2 is 2.12 bits per heavy atom.